The third-order valence-corrected chi connectivity index (χ3v) is 4.90. The van der Waals surface area contributed by atoms with Gasteiger partial charge in [-0.1, -0.05) is 18.1 Å². The van der Waals surface area contributed by atoms with Gasteiger partial charge < -0.3 is 9.64 Å². The second kappa shape index (κ2) is 8.15. The third kappa shape index (κ3) is 4.12. The first-order valence-electron chi connectivity index (χ1n) is 9.49. The van der Waals surface area contributed by atoms with Crippen LogP contribution >= 0.6 is 0 Å². The summed E-state index contributed by atoms with van der Waals surface area (Å²) in [6, 6.07) is 13.1. The van der Waals surface area contributed by atoms with Crippen LogP contribution in [0.3, 0.4) is 0 Å². The van der Waals surface area contributed by atoms with Crippen molar-refractivity contribution in [2.24, 2.45) is 0 Å². The standard InChI is InChI=1S/C24H21N3O2/c1-17-13-20-16-27(12-10-22(20)26-15-17)24(28)19-7-9-23(29-2)18(14-19)6-8-21-5-3-4-11-25-21/h3-5,7,9,11,13-15H,10,12,16H2,1-2H3. The zero-order chi connectivity index (χ0) is 20.2. The summed E-state index contributed by atoms with van der Waals surface area (Å²) in [7, 11) is 1.60. The predicted molar refractivity (Wildman–Crippen MR) is 111 cm³/mol. The van der Waals surface area contributed by atoms with Gasteiger partial charge in [0.15, 0.2) is 0 Å². The maximum Gasteiger partial charge on any atom is 0.254 e. The molecule has 29 heavy (non-hydrogen) atoms. The van der Waals surface area contributed by atoms with Gasteiger partial charge in [0, 0.05) is 43.2 Å². The van der Waals surface area contributed by atoms with Crippen LogP contribution in [0.4, 0.5) is 0 Å². The van der Waals surface area contributed by atoms with Crippen molar-refractivity contribution in [2.75, 3.05) is 13.7 Å². The number of hydrogen-bond acceptors (Lipinski definition) is 4. The van der Waals surface area contributed by atoms with E-state index in [9.17, 15) is 4.79 Å². The molecule has 0 unspecified atom stereocenters. The quantitative estimate of drug-likeness (QED) is 0.637. The molecule has 1 aromatic carbocycles. The van der Waals surface area contributed by atoms with E-state index in [1.165, 1.54) is 0 Å². The summed E-state index contributed by atoms with van der Waals surface area (Å²) in [6.45, 7) is 3.25. The molecule has 0 fully saturated rings. The van der Waals surface area contributed by atoms with E-state index in [0.29, 0.717) is 35.7 Å². The van der Waals surface area contributed by atoms with Crippen molar-refractivity contribution in [3.63, 3.8) is 0 Å². The molecule has 4 rings (SSSR count). The Kier molecular flexibility index (Phi) is 5.26. The number of rotatable bonds is 2. The second-order valence-corrected chi connectivity index (χ2v) is 6.98. The first-order chi connectivity index (χ1) is 14.1. The van der Waals surface area contributed by atoms with Gasteiger partial charge in [-0.15, -0.1) is 0 Å². The minimum Gasteiger partial charge on any atom is -0.495 e. The van der Waals surface area contributed by atoms with Gasteiger partial charge in [0.25, 0.3) is 5.91 Å². The number of aromatic nitrogens is 2. The maximum absolute atomic E-state index is 13.1. The molecule has 144 valence electrons. The van der Waals surface area contributed by atoms with Crippen molar-refractivity contribution >= 4 is 5.91 Å². The van der Waals surface area contributed by atoms with Crippen LogP contribution in [0.2, 0.25) is 0 Å². The molecule has 5 heteroatoms. The van der Waals surface area contributed by atoms with Crippen LogP contribution in [-0.4, -0.2) is 34.4 Å². The molecule has 0 N–H and O–H groups in total. The average molecular weight is 383 g/mol. The summed E-state index contributed by atoms with van der Waals surface area (Å²) in [5.41, 5.74) is 5.24. The van der Waals surface area contributed by atoms with Crippen LogP contribution < -0.4 is 4.74 Å². The molecule has 0 saturated heterocycles. The largest absolute Gasteiger partial charge is 0.495 e. The van der Waals surface area contributed by atoms with Crippen LogP contribution in [0.15, 0.2) is 54.9 Å². The number of hydrogen-bond donors (Lipinski definition) is 0. The fourth-order valence-electron chi connectivity index (χ4n) is 3.41. The summed E-state index contributed by atoms with van der Waals surface area (Å²) in [5.74, 6) is 6.73. The Balaban J connectivity index is 1.60. The normalized spacial score (nSPS) is 12.6. The second-order valence-electron chi connectivity index (χ2n) is 6.98. The van der Waals surface area contributed by atoms with Gasteiger partial charge in [0.2, 0.25) is 0 Å². The van der Waals surface area contributed by atoms with Crippen molar-refractivity contribution in [3.8, 4) is 17.6 Å². The molecule has 3 aromatic rings. The number of nitrogens with zero attached hydrogens (tertiary/aromatic N) is 3. The summed E-state index contributed by atoms with van der Waals surface area (Å²) >= 11 is 0. The number of fused-ring (bicyclic) bond motifs is 1. The van der Waals surface area contributed by atoms with E-state index in [4.69, 9.17) is 4.74 Å². The fraction of sp³-hybridized carbons (Fsp3) is 0.208. The van der Waals surface area contributed by atoms with Crippen LogP contribution in [0.25, 0.3) is 0 Å². The number of aryl methyl sites for hydroxylation is 1. The zero-order valence-electron chi connectivity index (χ0n) is 16.5. The summed E-state index contributed by atoms with van der Waals surface area (Å²) in [4.78, 5) is 23.7. The van der Waals surface area contributed by atoms with Gasteiger partial charge >= 0.3 is 0 Å². The molecular formula is C24H21N3O2. The zero-order valence-corrected chi connectivity index (χ0v) is 16.5. The Hall–Kier alpha value is -3.65. The Labute approximate surface area is 170 Å². The molecule has 1 aliphatic heterocycles. The molecule has 5 nitrogen and oxygen atoms in total. The number of ether oxygens (including phenoxy) is 1. The first-order valence-corrected chi connectivity index (χ1v) is 9.49. The lowest BCUT2D eigenvalue weighted by Gasteiger charge is -2.28. The number of methoxy groups -OCH3 is 1. The molecule has 0 spiro atoms. The van der Waals surface area contributed by atoms with Crippen molar-refractivity contribution in [2.45, 2.75) is 19.9 Å². The summed E-state index contributed by atoms with van der Waals surface area (Å²) in [6.07, 6.45) is 4.35. The van der Waals surface area contributed by atoms with Crippen molar-refractivity contribution in [1.29, 1.82) is 0 Å². The Morgan fingerprint density at radius 2 is 2.03 bits per heavy atom. The van der Waals surface area contributed by atoms with Gasteiger partial charge in [-0.05, 0) is 54.3 Å². The van der Waals surface area contributed by atoms with Crippen molar-refractivity contribution in [1.82, 2.24) is 14.9 Å². The van der Waals surface area contributed by atoms with E-state index in [1.54, 1.807) is 31.5 Å². The molecule has 1 aliphatic rings. The number of amides is 1. The molecule has 0 radical (unpaired) electrons. The van der Waals surface area contributed by atoms with E-state index >= 15 is 0 Å². The first kappa shape index (κ1) is 18.7. The highest BCUT2D eigenvalue weighted by atomic mass is 16.5. The molecule has 0 bridgehead atoms. The predicted octanol–water partition coefficient (Wildman–Crippen LogP) is 3.39. The van der Waals surface area contributed by atoms with Gasteiger partial charge in [-0.3, -0.25) is 9.78 Å². The van der Waals surface area contributed by atoms with E-state index in [1.807, 2.05) is 36.2 Å². The van der Waals surface area contributed by atoms with Gasteiger partial charge in [0.05, 0.1) is 12.7 Å². The SMILES string of the molecule is COc1ccc(C(=O)N2CCc3ncc(C)cc3C2)cc1C#Cc1ccccn1. The average Bonchev–Trinajstić information content (AvgIpc) is 2.77. The summed E-state index contributed by atoms with van der Waals surface area (Å²) in [5, 5.41) is 0. The highest BCUT2D eigenvalue weighted by molar-refractivity contribution is 5.95. The molecular weight excluding hydrogens is 362 g/mol. The highest BCUT2D eigenvalue weighted by Crippen LogP contribution is 2.23. The molecule has 0 aliphatic carbocycles. The van der Waals surface area contributed by atoms with Gasteiger partial charge in [-0.25, -0.2) is 4.98 Å². The Morgan fingerprint density at radius 3 is 2.83 bits per heavy atom. The fourth-order valence-corrected chi connectivity index (χ4v) is 3.41. The monoisotopic (exact) mass is 383 g/mol. The minimum absolute atomic E-state index is 0.0132. The van der Waals surface area contributed by atoms with Crippen LogP contribution in [0.5, 0.6) is 5.75 Å². The Bertz CT molecular complexity index is 1110. The number of pyridine rings is 2. The van der Waals surface area contributed by atoms with E-state index in [-0.39, 0.29) is 5.91 Å². The molecule has 0 saturated carbocycles. The number of carbonyl (C=O) groups is 1. The third-order valence-electron chi connectivity index (χ3n) is 4.90. The van der Waals surface area contributed by atoms with E-state index in [0.717, 1.165) is 23.2 Å². The lowest BCUT2D eigenvalue weighted by Crippen LogP contribution is -2.36. The van der Waals surface area contributed by atoms with Crippen LogP contribution in [-0.2, 0) is 13.0 Å². The number of benzene rings is 1. The Morgan fingerprint density at radius 1 is 1.14 bits per heavy atom. The smallest absolute Gasteiger partial charge is 0.254 e. The molecule has 3 heterocycles. The van der Waals surface area contributed by atoms with Crippen LogP contribution in [0.1, 0.15) is 38.4 Å². The van der Waals surface area contributed by atoms with Crippen molar-refractivity contribution < 1.29 is 9.53 Å². The number of carbonyl (C=O) groups excluding carboxylic acids is 1. The lowest BCUT2D eigenvalue weighted by molar-refractivity contribution is 0.0733. The van der Waals surface area contributed by atoms with E-state index in [2.05, 4.69) is 27.9 Å². The topological polar surface area (TPSA) is 55.3 Å². The van der Waals surface area contributed by atoms with Crippen LogP contribution in [0, 0.1) is 18.8 Å². The van der Waals surface area contributed by atoms with E-state index < -0.39 is 0 Å². The van der Waals surface area contributed by atoms with Gasteiger partial charge in [0.1, 0.15) is 11.4 Å². The lowest BCUT2D eigenvalue weighted by atomic mass is 10.0. The minimum atomic E-state index is -0.0132. The highest BCUT2D eigenvalue weighted by Gasteiger charge is 2.23. The maximum atomic E-state index is 13.1. The molecule has 0 atom stereocenters. The molecule has 2 aromatic heterocycles. The summed E-state index contributed by atoms with van der Waals surface area (Å²) < 4.78 is 5.42. The van der Waals surface area contributed by atoms with Gasteiger partial charge in [-0.2, -0.15) is 0 Å². The molecule has 1 amide bonds. The van der Waals surface area contributed by atoms with Crippen molar-refractivity contribution in [3.05, 3.63) is 88.5 Å².